The summed E-state index contributed by atoms with van der Waals surface area (Å²) in [5, 5.41) is 0. The summed E-state index contributed by atoms with van der Waals surface area (Å²) in [4.78, 5) is 23.3. The Hall–Kier alpha value is -1.06. The highest BCUT2D eigenvalue weighted by atomic mass is 16.5. The van der Waals surface area contributed by atoms with E-state index in [1.54, 1.807) is 13.8 Å². The Morgan fingerprint density at radius 3 is 2.17 bits per heavy atom. The molecular weight excluding hydrogens is 232 g/mol. The highest BCUT2D eigenvalue weighted by Crippen LogP contribution is 2.21. The maximum Gasteiger partial charge on any atom is 0.309 e. The van der Waals surface area contributed by atoms with E-state index in [0.717, 1.165) is 12.8 Å². The van der Waals surface area contributed by atoms with Crippen LogP contribution in [0.2, 0.25) is 0 Å². The molecule has 0 aromatic carbocycles. The molecule has 0 N–H and O–H groups in total. The average molecular weight is 258 g/mol. The zero-order valence-corrected chi connectivity index (χ0v) is 12.0. The van der Waals surface area contributed by atoms with Crippen LogP contribution < -0.4 is 0 Å². The van der Waals surface area contributed by atoms with Gasteiger partial charge < -0.3 is 9.47 Å². The fourth-order valence-electron chi connectivity index (χ4n) is 2.04. The first-order valence-electron chi connectivity index (χ1n) is 6.87. The lowest BCUT2D eigenvalue weighted by Gasteiger charge is -2.18. The van der Waals surface area contributed by atoms with Crippen molar-refractivity contribution in [3.63, 3.8) is 0 Å². The Kier molecular flexibility index (Phi) is 9.33. The van der Waals surface area contributed by atoms with E-state index in [9.17, 15) is 9.59 Å². The quantitative estimate of drug-likeness (QED) is 0.597. The van der Waals surface area contributed by atoms with Crippen LogP contribution in [-0.2, 0) is 19.1 Å². The second-order valence-electron chi connectivity index (χ2n) is 4.59. The molecule has 0 amide bonds. The molecule has 4 heteroatoms. The molecular formula is C14H26O4. The first-order valence-corrected chi connectivity index (χ1v) is 6.87. The first kappa shape index (κ1) is 16.9. The van der Waals surface area contributed by atoms with Crippen LogP contribution in [0.3, 0.4) is 0 Å². The lowest BCUT2D eigenvalue weighted by atomic mass is 9.90. The molecule has 0 aromatic heterocycles. The van der Waals surface area contributed by atoms with E-state index in [1.807, 2.05) is 0 Å². The van der Waals surface area contributed by atoms with Gasteiger partial charge in [-0.3, -0.25) is 9.59 Å². The monoisotopic (exact) mass is 258 g/mol. The number of rotatable bonds is 9. The minimum atomic E-state index is -0.370. The summed E-state index contributed by atoms with van der Waals surface area (Å²) in [5.74, 6) is -0.558. The van der Waals surface area contributed by atoms with E-state index in [1.165, 1.54) is 0 Å². The minimum Gasteiger partial charge on any atom is -0.466 e. The van der Waals surface area contributed by atoms with E-state index < -0.39 is 0 Å². The fourth-order valence-corrected chi connectivity index (χ4v) is 2.04. The summed E-state index contributed by atoms with van der Waals surface area (Å²) >= 11 is 0. The van der Waals surface area contributed by atoms with E-state index >= 15 is 0 Å². The van der Waals surface area contributed by atoms with Crippen molar-refractivity contribution in [3.05, 3.63) is 0 Å². The van der Waals surface area contributed by atoms with Gasteiger partial charge in [-0.15, -0.1) is 0 Å². The predicted octanol–water partition coefficient (Wildman–Crippen LogP) is 2.95. The Morgan fingerprint density at radius 2 is 1.67 bits per heavy atom. The number of carbonyl (C=O) groups excluding carboxylic acids is 2. The number of ether oxygens (including phenoxy) is 2. The van der Waals surface area contributed by atoms with Gasteiger partial charge >= 0.3 is 11.9 Å². The maximum absolute atomic E-state index is 11.8. The number of carbonyl (C=O) groups is 2. The van der Waals surface area contributed by atoms with Crippen molar-refractivity contribution < 1.29 is 19.1 Å². The minimum absolute atomic E-state index is 0.126. The molecule has 0 aliphatic rings. The van der Waals surface area contributed by atoms with Crippen molar-refractivity contribution in [2.45, 2.75) is 53.4 Å². The van der Waals surface area contributed by atoms with Gasteiger partial charge in [0.15, 0.2) is 0 Å². The molecule has 0 heterocycles. The lowest BCUT2D eigenvalue weighted by molar-refractivity contribution is -0.155. The Morgan fingerprint density at radius 1 is 1.06 bits per heavy atom. The summed E-state index contributed by atoms with van der Waals surface area (Å²) in [6.07, 6.45) is 2.95. The van der Waals surface area contributed by atoms with Crippen LogP contribution in [0.1, 0.15) is 53.4 Å². The van der Waals surface area contributed by atoms with Gasteiger partial charge in [0.1, 0.15) is 0 Å². The van der Waals surface area contributed by atoms with Crippen LogP contribution in [0.15, 0.2) is 0 Å². The van der Waals surface area contributed by atoms with Crippen LogP contribution in [0, 0.1) is 11.8 Å². The van der Waals surface area contributed by atoms with Crippen molar-refractivity contribution >= 4 is 11.9 Å². The number of hydrogen-bond donors (Lipinski definition) is 0. The number of esters is 2. The van der Waals surface area contributed by atoms with Gasteiger partial charge in [0, 0.05) is 0 Å². The van der Waals surface area contributed by atoms with E-state index in [0.29, 0.717) is 25.6 Å². The zero-order chi connectivity index (χ0) is 14.0. The predicted molar refractivity (Wildman–Crippen MR) is 70.1 cm³/mol. The largest absolute Gasteiger partial charge is 0.466 e. The molecule has 2 atom stereocenters. The van der Waals surface area contributed by atoms with Crippen molar-refractivity contribution in [1.82, 2.24) is 0 Å². The normalized spacial score (nSPS) is 13.8. The smallest absolute Gasteiger partial charge is 0.309 e. The third-order valence-corrected chi connectivity index (χ3v) is 2.81. The zero-order valence-electron chi connectivity index (χ0n) is 12.0. The van der Waals surface area contributed by atoms with Crippen molar-refractivity contribution in [2.75, 3.05) is 13.2 Å². The molecule has 106 valence electrons. The SMILES string of the molecule is CCCC(C)CC(CC(=O)OCC)C(=O)OCC. The molecule has 0 bridgehead atoms. The number of hydrogen-bond acceptors (Lipinski definition) is 4. The standard InChI is InChI=1S/C14H26O4/c1-5-8-11(4)9-12(14(16)18-7-3)10-13(15)17-6-2/h11-12H,5-10H2,1-4H3. The second kappa shape index (κ2) is 9.92. The van der Waals surface area contributed by atoms with E-state index in [2.05, 4.69) is 13.8 Å². The lowest BCUT2D eigenvalue weighted by Crippen LogP contribution is -2.24. The molecule has 0 radical (unpaired) electrons. The van der Waals surface area contributed by atoms with Crippen molar-refractivity contribution in [3.8, 4) is 0 Å². The third kappa shape index (κ3) is 7.30. The van der Waals surface area contributed by atoms with Gasteiger partial charge in [-0.25, -0.2) is 0 Å². The molecule has 0 saturated heterocycles. The van der Waals surface area contributed by atoms with E-state index in [-0.39, 0.29) is 24.3 Å². The topological polar surface area (TPSA) is 52.6 Å². The van der Waals surface area contributed by atoms with Gasteiger partial charge in [-0.05, 0) is 26.2 Å². The van der Waals surface area contributed by atoms with Gasteiger partial charge in [0.05, 0.1) is 25.6 Å². The molecule has 0 aromatic rings. The molecule has 2 unspecified atom stereocenters. The highest BCUT2D eigenvalue weighted by molar-refractivity contribution is 5.79. The van der Waals surface area contributed by atoms with Crippen LogP contribution in [0.5, 0.6) is 0 Å². The van der Waals surface area contributed by atoms with Gasteiger partial charge in [-0.1, -0.05) is 26.7 Å². The summed E-state index contributed by atoms with van der Waals surface area (Å²) in [5.41, 5.74) is 0. The Labute approximate surface area is 110 Å². The molecule has 0 spiro atoms. The molecule has 18 heavy (non-hydrogen) atoms. The summed E-state index contributed by atoms with van der Waals surface area (Å²) < 4.78 is 9.91. The first-order chi connectivity index (χ1) is 8.54. The molecule has 0 aliphatic heterocycles. The summed E-state index contributed by atoms with van der Waals surface area (Å²) in [7, 11) is 0. The fraction of sp³-hybridized carbons (Fsp3) is 0.857. The van der Waals surface area contributed by atoms with Crippen LogP contribution in [-0.4, -0.2) is 25.2 Å². The summed E-state index contributed by atoms with van der Waals surface area (Å²) in [6.45, 7) is 8.44. The van der Waals surface area contributed by atoms with Gasteiger partial charge in [0.25, 0.3) is 0 Å². The van der Waals surface area contributed by atoms with Crippen LogP contribution >= 0.6 is 0 Å². The maximum atomic E-state index is 11.8. The molecule has 0 fully saturated rings. The van der Waals surface area contributed by atoms with Gasteiger partial charge in [0.2, 0.25) is 0 Å². The van der Waals surface area contributed by atoms with E-state index in [4.69, 9.17) is 9.47 Å². The Balaban J connectivity index is 4.41. The molecule has 4 nitrogen and oxygen atoms in total. The molecule has 0 aliphatic carbocycles. The third-order valence-electron chi connectivity index (χ3n) is 2.81. The van der Waals surface area contributed by atoms with Crippen LogP contribution in [0.4, 0.5) is 0 Å². The Bertz CT molecular complexity index is 250. The molecule has 0 saturated carbocycles. The van der Waals surface area contributed by atoms with Gasteiger partial charge in [-0.2, -0.15) is 0 Å². The van der Waals surface area contributed by atoms with Crippen molar-refractivity contribution in [2.24, 2.45) is 11.8 Å². The van der Waals surface area contributed by atoms with Crippen molar-refractivity contribution in [1.29, 1.82) is 0 Å². The van der Waals surface area contributed by atoms with Crippen LogP contribution in [0.25, 0.3) is 0 Å². The second-order valence-corrected chi connectivity index (χ2v) is 4.59. The molecule has 0 rings (SSSR count). The highest BCUT2D eigenvalue weighted by Gasteiger charge is 2.25. The summed E-state index contributed by atoms with van der Waals surface area (Å²) in [6, 6.07) is 0. The average Bonchev–Trinajstić information content (AvgIpc) is 2.29.